The first-order valence-corrected chi connectivity index (χ1v) is 9.63. The average Bonchev–Trinajstić information content (AvgIpc) is 3.42. The highest BCUT2D eigenvalue weighted by Crippen LogP contribution is 2.32. The van der Waals surface area contributed by atoms with Crippen LogP contribution < -0.4 is 10.6 Å². The Morgan fingerprint density at radius 3 is 2.61 bits per heavy atom. The minimum Gasteiger partial charge on any atom is -0.326 e. The molecule has 0 radical (unpaired) electrons. The van der Waals surface area contributed by atoms with Crippen LogP contribution >= 0.6 is 11.3 Å². The van der Waals surface area contributed by atoms with Gasteiger partial charge in [0.2, 0.25) is 5.91 Å². The van der Waals surface area contributed by atoms with Gasteiger partial charge in [-0.05, 0) is 49.6 Å². The molecule has 0 aliphatic heterocycles. The van der Waals surface area contributed by atoms with E-state index < -0.39 is 4.92 Å². The highest BCUT2D eigenvalue weighted by Gasteiger charge is 2.29. The fourth-order valence-corrected chi connectivity index (χ4v) is 3.80. The molecule has 142 valence electrons. The lowest BCUT2D eigenvalue weighted by Crippen LogP contribution is -2.15. The molecule has 1 aliphatic rings. The number of carbonyl (C=O) groups is 2. The van der Waals surface area contributed by atoms with Crippen LogP contribution in [-0.4, -0.2) is 16.7 Å². The molecule has 0 spiro atoms. The molecule has 3 aromatic rings. The molecule has 0 bridgehead atoms. The summed E-state index contributed by atoms with van der Waals surface area (Å²) < 4.78 is 0.804. The zero-order chi connectivity index (χ0) is 19.8. The molecule has 2 aromatic carbocycles. The summed E-state index contributed by atoms with van der Waals surface area (Å²) in [6, 6.07) is 11.6. The van der Waals surface area contributed by atoms with Crippen molar-refractivity contribution in [2.75, 3.05) is 10.6 Å². The largest absolute Gasteiger partial charge is 0.326 e. The van der Waals surface area contributed by atoms with Crippen LogP contribution in [0.5, 0.6) is 0 Å². The summed E-state index contributed by atoms with van der Waals surface area (Å²) in [4.78, 5) is 35.6. The fourth-order valence-electron chi connectivity index (χ4n) is 2.86. The van der Waals surface area contributed by atoms with E-state index in [0.717, 1.165) is 23.1 Å². The predicted molar refractivity (Wildman–Crippen MR) is 109 cm³/mol. The zero-order valence-corrected chi connectivity index (χ0v) is 15.8. The molecule has 8 heteroatoms. The molecule has 2 N–H and O–H groups in total. The Kier molecular flexibility index (Phi) is 4.56. The van der Waals surface area contributed by atoms with Crippen molar-refractivity contribution in [1.82, 2.24) is 0 Å². The van der Waals surface area contributed by atoms with Crippen molar-refractivity contribution in [3.05, 3.63) is 63.0 Å². The Morgan fingerprint density at radius 2 is 1.89 bits per heavy atom. The number of nitro benzene ring substituents is 1. The Labute approximate surface area is 164 Å². The van der Waals surface area contributed by atoms with Crippen molar-refractivity contribution < 1.29 is 14.5 Å². The number of carbonyl (C=O) groups excluding carboxylic acids is 2. The Balaban J connectivity index is 1.55. The van der Waals surface area contributed by atoms with E-state index in [0.29, 0.717) is 21.6 Å². The van der Waals surface area contributed by atoms with Gasteiger partial charge < -0.3 is 10.6 Å². The van der Waals surface area contributed by atoms with E-state index in [2.05, 4.69) is 10.6 Å². The maximum atomic E-state index is 12.7. The topological polar surface area (TPSA) is 101 Å². The second kappa shape index (κ2) is 7.05. The minimum absolute atomic E-state index is 0.00669. The highest BCUT2D eigenvalue weighted by molar-refractivity contribution is 7.20. The zero-order valence-electron chi connectivity index (χ0n) is 15.0. The molecule has 28 heavy (non-hydrogen) atoms. The minimum atomic E-state index is -0.457. The summed E-state index contributed by atoms with van der Waals surface area (Å²) in [5.41, 5.74) is 2.12. The first-order chi connectivity index (χ1) is 13.4. The lowest BCUT2D eigenvalue weighted by Gasteiger charge is -2.11. The van der Waals surface area contributed by atoms with Gasteiger partial charge in [0.15, 0.2) is 0 Å². The number of amides is 2. The average molecular weight is 395 g/mol. The first-order valence-electron chi connectivity index (χ1n) is 8.81. The van der Waals surface area contributed by atoms with Crippen molar-refractivity contribution in [1.29, 1.82) is 0 Å². The number of nitrogens with one attached hydrogen (secondary N) is 2. The van der Waals surface area contributed by atoms with Crippen LogP contribution in [-0.2, 0) is 4.79 Å². The summed E-state index contributed by atoms with van der Waals surface area (Å²) in [6.45, 7) is 1.87. The van der Waals surface area contributed by atoms with Gasteiger partial charge in [-0.3, -0.25) is 19.7 Å². The molecule has 4 rings (SSSR count). The molecule has 2 amide bonds. The molecule has 0 saturated heterocycles. The van der Waals surface area contributed by atoms with E-state index in [-0.39, 0.29) is 23.4 Å². The number of aryl methyl sites for hydroxylation is 1. The molecule has 0 unspecified atom stereocenters. The Morgan fingerprint density at radius 1 is 1.11 bits per heavy atom. The third-order valence-corrected chi connectivity index (χ3v) is 5.75. The van der Waals surface area contributed by atoms with Gasteiger partial charge in [0.05, 0.1) is 9.80 Å². The van der Waals surface area contributed by atoms with Crippen LogP contribution in [0.15, 0.2) is 42.5 Å². The summed E-state index contributed by atoms with van der Waals surface area (Å²) >= 11 is 1.27. The smallest absolute Gasteiger partial charge is 0.270 e. The number of nitrogens with zero attached hydrogens (tertiary/aromatic N) is 1. The predicted octanol–water partition coefficient (Wildman–Crippen LogP) is 4.72. The van der Waals surface area contributed by atoms with Gasteiger partial charge >= 0.3 is 0 Å². The number of thiophene rings is 1. The quantitative estimate of drug-likeness (QED) is 0.482. The molecule has 1 aromatic heterocycles. The lowest BCUT2D eigenvalue weighted by molar-refractivity contribution is -0.384. The summed E-state index contributed by atoms with van der Waals surface area (Å²) in [6.07, 6.45) is 1.84. The number of nitro groups is 1. The van der Waals surface area contributed by atoms with Crippen LogP contribution in [0.4, 0.5) is 17.1 Å². The molecule has 1 heterocycles. The SMILES string of the molecule is Cc1ccc(NC(=O)C2CC2)cc1NC(=O)c1cc2cc([N+](=O)[O-])ccc2s1. The van der Waals surface area contributed by atoms with Gasteiger partial charge in [-0.15, -0.1) is 11.3 Å². The van der Waals surface area contributed by atoms with Crippen molar-refractivity contribution in [3.8, 4) is 0 Å². The number of non-ortho nitro benzene ring substituents is 1. The van der Waals surface area contributed by atoms with Gasteiger partial charge in [0, 0.05) is 39.5 Å². The number of hydrogen-bond acceptors (Lipinski definition) is 5. The fraction of sp³-hybridized carbons (Fsp3) is 0.200. The van der Waals surface area contributed by atoms with Crippen LogP contribution in [0.1, 0.15) is 28.1 Å². The lowest BCUT2D eigenvalue weighted by atomic mass is 10.1. The van der Waals surface area contributed by atoms with E-state index >= 15 is 0 Å². The van der Waals surface area contributed by atoms with Gasteiger partial charge in [-0.25, -0.2) is 0 Å². The molecule has 1 aliphatic carbocycles. The summed E-state index contributed by atoms with van der Waals surface area (Å²) in [5.74, 6) is -0.188. The van der Waals surface area contributed by atoms with Gasteiger partial charge in [-0.1, -0.05) is 6.07 Å². The first kappa shape index (κ1) is 18.1. The number of rotatable bonds is 5. The number of benzene rings is 2. The second-order valence-electron chi connectivity index (χ2n) is 6.84. The molecule has 0 atom stereocenters. The second-order valence-corrected chi connectivity index (χ2v) is 7.92. The van der Waals surface area contributed by atoms with E-state index in [9.17, 15) is 19.7 Å². The van der Waals surface area contributed by atoms with Crippen molar-refractivity contribution >= 4 is 50.3 Å². The molecule has 1 saturated carbocycles. The highest BCUT2D eigenvalue weighted by atomic mass is 32.1. The normalized spacial score (nSPS) is 13.3. The van der Waals surface area contributed by atoms with E-state index in [1.54, 1.807) is 18.2 Å². The van der Waals surface area contributed by atoms with Gasteiger partial charge in [-0.2, -0.15) is 0 Å². The number of fused-ring (bicyclic) bond motifs is 1. The molecule has 1 fully saturated rings. The monoisotopic (exact) mass is 395 g/mol. The molecule has 7 nitrogen and oxygen atoms in total. The number of hydrogen-bond donors (Lipinski definition) is 2. The van der Waals surface area contributed by atoms with Crippen molar-refractivity contribution in [2.45, 2.75) is 19.8 Å². The number of anilines is 2. The Bertz CT molecular complexity index is 1120. The van der Waals surface area contributed by atoms with Crippen LogP contribution in [0.3, 0.4) is 0 Å². The van der Waals surface area contributed by atoms with Gasteiger partial charge in [0.25, 0.3) is 11.6 Å². The molecular formula is C20H17N3O4S. The van der Waals surface area contributed by atoms with Crippen LogP contribution in [0.2, 0.25) is 0 Å². The van der Waals surface area contributed by atoms with E-state index in [1.807, 2.05) is 19.1 Å². The Hall–Kier alpha value is -3.26. The van der Waals surface area contributed by atoms with Crippen molar-refractivity contribution in [3.63, 3.8) is 0 Å². The van der Waals surface area contributed by atoms with Crippen LogP contribution in [0, 0.1) is 23.0 Å². The standard InChI is InChI=1S/C20H17N3O4S/c1-11-2-5-14(21-19(24)12-3-4-12)10-16(11)22-20(25)18-9-13-8-15(23(26)27)6-7-17(13)28-18/h2,5-10,12H,3-4H2,1H3,(H,21,24)(H,22,25). The van der Waals surface area contributed by atoms with E-state index in [1.165, 1.54) is 23.5 Å². The molecular weight excluding hydrogens is 378 g/mol. The van der Waals surface area contributed by atoms with Gasteiger partial charge in [0.1, 0.15) is 0 Å². The maximum Gasteiger partial charge on any atom is 0.270 e. The third kappa shape index (κ3) is 3.72. The van der Waals surface area contributed by atoms with E-state index in [4.69, 9.17) is 0 Å². The maximum absolute atomic E-state index is 12.7. The third-order valence-electron chi connectivity index (χ3n) is 4.64. The van der Waals surface area contributed by atoms with Crippen LogP contribution in [0.25, 0.3) is 10.1 Å². The summed E-state index contributed by atoms with van der Waals surface area (Å²) in [7, 11) is 0. The summed E-state index contributed by atoms with van der Waals surface area (Å²) in [5, 5.41) is 17.3. The van der Waals surface area contributed by atoms with Crippen molar-refractivity contribution in [2.24, 2.45) is 5.92 Å².